The van der Waals surface area contributed by atoms with E-state index in [1.807, 2.05) is 6.92 Å². The van der Waals surface area contributed by atoms with Gasteiger partial charge in [-0.15, -0.1) is 0 Å². The third kappa shape index (κ3) is 4.56. The minimum Gasteiger partial charge on any atom is -0.266 e. The summed E-state index contributed by atoms with van der Waals surface area (Å²) in [5.74, 6) is 0.845. The molecular weight excluding hydrogens is 296 g/mol. The number of rotatable bonds is 5. The van der Waals surface area contributed by atoms with Gasteiger partial charge >= 0.3 is 0 Å². The molecule has 0 aromatic heterocycles. The minimum atomic E-state index is -3.63. The Balaban J connectivity index is 1.90. The van der Waals surface area contributed by atoms with Gasteiger partial charge in [0, 0.05) is 0 Å². The molecule has 124 valence electrons. The first-order chi connectivity index (χ1) is 10.2. The smallest absolute Gasteiger partial charge is 0.266 e. The first kappa shape index (κ1) is 17.5. The van der Waals surface area contributed by atoms with Crippen molar-refractivity contribution in [2.75, 3.05) is 6.61 Å². The van der Waals surface area contributed by atoms with Crippen LogP contribution in [0.3, 0.4) is 0 Å². The molecule has 1 aliphatic rings. The lowest BCUT2D eigenvalue weighted by Gasteiger charge is -2.36. The molecule has 22 heavy (non-hydrogen) atoms. The maximum Gasteiger partial charge on any atom is 0.296 e. The Bertz CT molecular complexity index is 577. The van der Waals surface area contributed by atoms with E-state index in [0.29, 0.717) is 11.3 Å². The zero-order chi connectivity index (χ0) is 16.4. The van der Waals surface area contributed by atoms with Crippen LogP contribution in [0.5, 0.6) is 0 Å². The van der Waals surface area contributed by atoms with Crippen molar-refractivity contribution in [3.05, 3.63) is 29.8 Å². The van der Waals surface area contributed by atoms with Crippen LogP contribution in [0.2, 0.25) is 0 Å². The lowest BCUT2D eigenvalue weighted by atomic mass is 9.70. The van der Waals surface area contributed by atoms with Gasteiger partial charge in [0.05, 0.1) is 11.5 Å². The van der Waals surface area contributed by atoms with Crippen LogP contribution in [-0.4, -0.2) is 15.0 Å². The van der Waals surface area contributed by atoms with Crippen molar-refractivity contribution in [2.24, 2.45) is 17.3 Å². The van der Waals surface area contributed by atoms with Crippen LogP contribution in [0.25, 0.3) is 0 Å². The van der Waals surface area contributed by atoms with E-state index in [1.165, 1.54) is 25.7 Å². The summed E-state index contributed by atoms with van der Waals surface area (Å²) in [6, 6.07) is 6.81. The van der Waals surface area contributed by atoms with Gasteiger partial charge in [0.2, 0.25) is 0 Å². The Morgan fingerprint density at radius 2 is 1.73 bits per heavy atom. The average Bonchev–Trinajstić information content (AvgIpc) is 2.45. The van der Waals surface area contributed by atoms with Crippen LogP contribution < -0.4 is 0 Å². The number of benzene rings is 1. The van der Waals surface area contributed by atoms with Gasteiger partial charge in [-0.1, -0.05) is 38.5 Å². The molecule has 1 fully saturated rings. The third-order valence-electron chi connectivity index (χ3n) is 4.98. The van der Waals surface area contributed by atoms with E-state index >= 15 is 0 Å². The summed E-state index contributed by atoms with van der Waals surface area (Å²) in [4.78, 5) is 0.245. The third-order valence-corrected chi connectivity index (χ3v) is 6.28. The Kier molecular flexibility index (Phi) is 5.33. The molecular formula is C18H28O3S. The molecule has 0 amide bonds. The fraction of sp³-hybridized carbons (Fsp3) is 0.667. The first-order valence-electron chi connectivity index (χ1n) is 8.16. The monoisotopic (exact) mass is 324 g/mol. The van der Waals surface area contributed by atoms with Crippen molar-refractivity contribution in [3.63, 3.8) is 0 Å². The van der Waals surface area contributed by atoms with Crippen molar-refractivity contribution in [3.8, 4) is 0 Å². The molecule has 1 aliphatic carbocycles. The van der Waals surface area contributed by atoms with E-state index in [-0.39, 0.29) is 17.4 Å². The molecule has 1 aromatic rings. The first-order valence-corrected chi connectivity index (χ1v) is 9.56. The Morgan fingerprint density at radius 1 is 1.18 bits per heavy atom. The molecule has 0 saturated heterocycles. The summed E-state index contributed by atoms with van der Waals surface area (Å²) >= 11 is 0. The highest BCUT2D eigenvalue weighted by Crippen LogP contribution is 2.40. The SMILES string of the molecule is Cc1ccc(S(=O)(=O)OCC(C)C2CCC(C)(C)CC2)cc1. The molecule has 0 bridgehead atoms. The molecule has 1 aromatic carbocycles. The van der Waals surface area contributed by atoms with Crippen LogP contribution in [0.15, 0.2) is 29.2 Å². The van der Waals surface area contributed by atoms with Gasteiger partial charge in [0.15, 0.2) is 0 Å². The predicted octanol–water partition coefficient (Wildman–Crippen LogP) is 4.55. The Morgan fingerprint density at radius 3 is 2.27 bits per heavy atom. The van der Waals surface area contributed by atoms with Crippen molar-refractivity contribution in [2.45, 2.75) is 58.3 Å². The minimum absolute atomic E-state index is 0.245. The van der Waals surface area contributed by atoms with Gasteiger partial charge in [-0.25, -0.2) is 0 Å². The largest absolute Gasteiger partial charge is 0.296 e. The van der Waals surface area contributed by atoms with Crippen LogP contribution >= 0.6 is 0 Å². The second-order valence-corrected chi connectivity index (χ2v) is 9.15. The second-order valence-electron chi connectivity index (χ2n) is 7.53. The van der Waals surface area contributed by atoms with Gasteiger partial charge in [0.1, 0.15) is 0 Å². The average molecular weight is 324 g/mol. The summed E-state index contributed by atoms with van der Waals surface area (Å²) in [6.07, 6.45) is 4.77. The van der Waals surface area contributed by atoms with E-state index in [0.717, 1.165) is 5.56 Å². The predicted molar refractivity (Wildman–Crippen MR) is 89.2 cm³/mol. The van der Waals surface area contributed by atoms with Crippen LogP contribution in [0, 0.1) is 24.2 Å². The van der Waals surface area contributed by atoms with Gasteiger partial charge < -0.3 is 0 Å². The van der Waals surface area contributed by atoms with Gasteiger partial charge in [-0.2, -0.15) is 8.42 Å². The topological polar surface area (TPSA) is 43.4 Å². The van der Waals surface area contributed by atoms with Crippen LogP contribution in [-0.2, 0) is 14.3 Å². The van der Waals surface area contributed by atoms with Crippen LogP contribution in [0.4, 0.5) is 0 Å². The second kappa shape index (κ2) is 6.71. The molecule has 0 radical (unpaired) electrons. The molecule has 0 aliphatic heterocycles. The van der Waals surface area contributed by atoms with Crippen molar-refractivity contribution < 1.29 is 12.6 Å². The molecule has 0 N–H and O–H groups in total. The van der Waals surface area contributed by atoms with E-state index < -0.39 is 10.1 Å². The van der Waals surface area contributed by atoms with Crippen molar-refractivity contribution in [1.82, 2.24) is 0 Å². The van der Waals surface area contributed by atoms with Crippen LogP contribution in [0.1, 0.15) is 52.0 Å². The highest BCUT2D eigenvalue weighted by molar-refractivity contribution is 7.86. The van der Waals surface area contributed by atoms with E-state index in [2.05, 4.69) is 20.8 Å². The summed E-state index contributed by atoms with van der Waals surface area (Å²) in [5, 5.41) is 0. The van der Waals surface area contributed by atoms with Gasteiger partial charge in [-0.05, 0) is 62.0 Å². The highest BCUT2D eigenvalue weighted by Gasteiger charge is 2.30. The molecule has 1 unspecified atom stereocenters. The van der Waals surface area contributed by atoms with Crippen molar-refractivity contribution >= 4 is 10.1 Å². The fourth-order valence-electron chi connectivity index (χ4n) is 3.10. The quantitative estimate of drug-likeness (QED) is 0.746. The highest BCUT2D eigenvalue weighted by atomic mass is 32.2. The zero-order valence-electron chi connectivity index (χ0n) is 14.1. The molecule has 1 saturated carbocycles. The summed E-state index contributed by atoms with van der Waals surface area (Å²) < 4.78 is 29.7. The zero-order valence-corrected chi connectivity index (χ0v) is 14.9. The number of hydrogen-bond donors (Lipinski definition) is 0. The van der Waals surface area contributed by atoms with E-state index in [4.69, 9.17) is 4.18 Å². The molecule has 4 heteroatoms. The van der Waals surface area contributed by atoms with E-state index in [9.17, 15) is 8.42 Å². The summed E-state index contributed by atoms with van der Waals surface area (Å²) in [6.45, 7) is 8.94. The standard InChI is InChI=1S/C18H28O3S/c1-14-5-7-17(8-6-14)22(19,20)21-13-15(2)16-9-11-18(3,4)12-10-16/h5-8,15-16H,9-13H2,1-4H3. The van der Waals surface area contributed by atoms with Gasteiger partial charge in [-0.3, -0.25) is 4.18 Å². The molecule has 3 nitrogen and oxygen atoms in total. The maximum atomic E-state index is 12.2. The lowest BCUT2D eigenvalue weighted by molar-refractivity contribution is 0.125. The fourth-order valence-corrected chi connectivity index (χ4v) is 4.10. The Hall–Kier alpha value is -0.870. The Labute approximate surface area is 135 Å². The van der Waals surface area contributed by atoms with Gasteiger partial charge in [0.25, 0.3) is 10.1 Å². The lowest BCUT2D eigenvalue weighted by Crippen LogP contribution is -2.27. The maximum absolute atomic E-state index is 12.2. The number of aryl methyl sites for hydroxylation is 1. The summed E-state index contributed by atoms with van der Waals surface area (Å²) in [7, 11) is -3.63. The van der Waals surface area contributed by atoms with Crippen molar-refractivity contribution in [1.29, 1.82) is 0 Å². The molecule has 0 heterocycles. The van der Waals surface area contributed by atoms with E-state index in [1.54, 1.807) is 24.3 Å². The molecule has 2 rings (SSSR count). The summed E-state index contributed by atoms with van der Waals surface area (Å²) in [5.41, 5.74) is 1.47. The molecule has 1 atom stereocenters. The molecule has 0 spiro atoms. The number of hydrogen-bond acceptors (Lipinski definition) is 3. The normalized spacial score (nSPS) is 20.7.